The lowest BCUT2D eigenvalue weighted by Crippen LogP contribution is -2.17. The first kappa shape index (κ1) is 13.8. The molecule has 0 aliphatic carbocycles. The van der Waals surface area contributed by atoms with Crippen LogP contribution < -0.4 is 4.74 Å². The second-order valence-corrected chi connectivity index (χ2v) is 5.45. The summed E-state index contributed by atoms with van der Waals surface area (Å²) in [5, 5.41) is 0. The molecule has 0 bridgehead atoms. The fraction of sp³-hybridized carbons (Fsp3) is 0.400. The zero-order valence-electron chi connectivity index (χ0n) is 8.99. The summed E-state index contributed by atoms with van der Waals surface area (Å²) in [6.07, 6.45) is -4.33. The van der Waals surface area contributed by atoms with Crippen LogP contribution in [0.15, 0.2) is 29.2 Å². The van der Waals surface area contributed by atoms with Crippen LogP contribution in [0.2, 0.25) is 0 Å². The van der Waals surface area contributed by atoms with Crippen LogP contribution in [0.25, 0.3) is 0 Å². The number of rotatable bonds is 4. The second-order valence-electron chi connectivity index (χ2n) is 3.34. The van der Waals surface area contributed by atoms with Gasteiger partial charge in [0, 0.05) is 0 Å². The van der Waals surface area contributed by atoms with Gasteiger partial charge >= 0.3 is 6.36 Å². The van der Waals surface area contributed by atoms with Gasteiger partial charge in [0.25, 0.3) is 0 Å². The number of sulfone groups is 1. The maximum absolute atomic E-state index is 11.9. The van der Waals surface area contributed by atoms with Crippen LogP contribution in [0, 0.1) is 0 Å². The molecule has 3 nitrogen and oxygen atoms in total. The first-order valence-electron chi connectivity index (χ1n) is 4.83. The Morgan fingerprint density at radius 2 is 1.71 bits per heavy atom. The molecule has 1 aromatic carbocycles. The number of hydrogen-bond acceptors (Lipinski definition) is 3. The molecule has 0 radical (unpaired) electrons. The number of hydrogen-bond donors (Lipinski definition) is 0. The van der Waals surface area contributed by atoms with Crippen LogP contribution in [0.1, 0.15) is 13.3 Å². The summed E-state index contributed by atoms with van der Waals surface area (Å²) < 4.78 is 62.3. The van der Waals surface area contributed by atoms with Gasteiger partial charge in [-0.3, -0.25) is 0 Å². The molecule has 1 aromatic rings. The normalized spacial score (nSPS) is 12.5. The molecule has 0 atom stereocenters. The van der Waals surface area contributed by atoms with Crippen molar-refractivity contribution in [1.82, 2.24) is 0 Å². The molecule has 1 rings (SSSR count). The maximum Gasteiger partial charge on any atom is 0.573 e. The quantitative estimate of drug-likeness (QED) is 0.843. The van der Waals surface area contributed by atoms with Crippen LogP contribution in [0.3, 0.4) is 0 Å². The number of benzene rings is 1. The molecule has 0 amide bonds. The van der Waals surface area contributed by atoms with Crippen LogP contribution in [-0.4, -0.2) is 20.5 Å². The molecule has 0 saturated heterocycles. The number of ether oxygens (including phenoxy) is 1. The van der Waals surface area contributed by atoms with E-state index in [4.69, 9.17) is 0 Å². The molecule has 17 heavy (non-hydrogen) atoms. The van der Waals surface area contributed by atoms with Gasteiger partial charge in [0.1, 0.15) is 5.75 Å². The third kappa shape index (κ3) is 4.26. The molecular weight excluding hydrogens is 257 g/mol. The minimum atomic E-state index is -4.77. The predicted octanol–water partition coefficient (Wildman–Crippen LogP) is 2.77. The van der Waals surface area contributed by atoms with Gasteiger partial charge in [0.05, 0.1) is 10.6 Å². The number of alkyl halides is 3. The Morgan fingerprint density at radius 3 is 2.12 bits per heavy atom. The Balaban J connectivity index is 2.89. The van der Waals surface area contributed by atoms with Crippen molar-refractivity contribution < 1.29 is 26.3 Å². The van der Waals surface area contributed by atoms with Gasteiger partial charge in [0.2, 0.25) is 0 Å². The molecule has 0 unspecified atom stereocenters. The highest BCUT2D eigenvalue weighted by Crippen LogP contribution is 2.24. The average Bonchev–Trinajstić information content (AvgIpc) is 2.15. The highest BCUT2D eigenvalue weighted by Gasteiger charge is 2.31. The van der Waals surface area contributed by atoms with Crippen molar-refractivity contribution in [3.63, 3.8) is 0 Å². The van der Waals surface area contributed by atoms with E-state index in [-0.39, 0.29) is 10.6 Å². The second kappa shape index (κ2) is 4.95. The van der Waals surface area contributed by atoms with Crippen LogP contribution in [0.5, 0.6) is 5.75 Å². The molecule has 0 aliphatic rings. The van der Waals surface area contributed by atoms with Crippen molar-refractivity contribution in [3.05, 3.63) is 24.3 Å². The Labute approximate surface area is 97.1 Å². The summed E-state index contributed by atoms with van der Waals surface area (Å²) in [7, 11) is -3.41. The van der Waals surface area contributed by atoms with Crippen molar-refractivity contribution in [1.29, 1.82) is 0 Å². The van der Waals surface area contributed by atoms with Crippen molar-refractivity contribution in [3.8, 4) is 5.75 Å². The number of halogens is 3. The van der Waals surface area contributed by atoms with Gasteiger partial charge in [-0.2, -0.15) is 0 Å². The van der Waals surface area contributed by atoms with Crippen molar-refractivity contribution in [2.24, 2.45) is 0 Å². The summed E-state index contributed by atoms with van der Waals surface area (Å²) in [6, 6.07) is 4.17. The van der Waals surface area contributed by atoms with Gasteiger partial charge in [-0.05, 0) is 30.7 Å². The zero-order chi connectivity index (χ0) is 13.1. The highest BCUT2D eigenvalue weighted by atomic mass is 32.2. The smallest absolute Gasteiger partial charge is 0.406 e. The van der Waals surface area contributed by atoms with E-state index in [2.05, 4.69) is 4.74 Å². The highest BCUT2D eigenvalue weighted by molar-refractivity contribution is 7.91. The molecule has 7 heteroatoms. The monoisotopic (exact) mass is 268 g/mol. The molecule has 0 aliphatic heterocycles. The van der Waals surface area contributed by atoms with Crippen LogP contribution in [-0.2, 0) is 9.84 Å². The van der Waals surface area contributed by atoms with E-state index >= 15 is 0 Å². The van der Waals surface area contributed by atoms with Crippen LogP contribution >= 0.6 is 0 Å². The van der Waals surface area contributed by atoms with Crippen molar-refractivity contribution in [2.45, 2.75) is 24.6 Å². The lowest BCUT2D eigenvalue weighted by Gasteiger charge is -2.09. The van der Waals surface area contributed by atoms with Gasteiger partial charge in [0.15, 0.2) is 9.84 Å². The van der Waals surface area contributed by atoms with E-state index in [1.165, 1.54) is 0 Å². The SMILES string of the molecule is CCCS(=O)(=O)c1ccc(OC(F)(F)F)cc1. The fourth-order valence-electron chi connectivity index (χ4n) is 1.24. The predicted molar refractivity (Wildman–Crippen MR) is 55.5 cm³/mol. The summed E-state index contributed by atoms with van der Waals surface area (Å²) >= 11 is 0. The molecular formula is C10H11F3O3S. The summed E-state index contributed by atoms with van der Waals surface area (Å²) in [6.45, 7) is 1.71. The third-order valence-corrected chi connectivity index (χ3v) is 3.83. The molecule has 96 valence electrons. The first-order chi connectivity index (χ1) is 7.74. The Morgan fingerprint density at radius 1 is 1.18 bits per heavy atom. The molecule has 0 heterocycles. The lowest BCUT2D eigenvalue weighted by molar-refractivity contribution is -0.274. The van der Waals surface area contributed by atoms with E-state index in [0.29, 0.717) is 6.42 Å². The molecule has 0 fully saturated rings. The van der Waals surface area contributed by atoms with Crippen molar-refractivity contribution in [2.75, 3.05) is 5.75 Å². The fourth-order valence-corrected chi connectivity index (χ4v) is 2.56. The Kier molecular flexibility index (Phi) is 4.03. The minimum absolute atomic E-state index is 0.00567. The van der Waals surface area contributed by atoms with E-state index in [0.717, 1.165) is 24.3 Å². The minimum Gasteiger partial charge on any atom is -0.406 e. The standard InChI is InChI=1S/C10H11F3O3S/c1-2-7-17(14,15)9-5-3-8(4-6-9)16-10(11,12)13/h3-6H,2,7H2,1H3. The van der Waals surface area contributed by atoms with E-state index in [1.807, 2.05) is 0 Å². The third-order valence-electron chi connectivity index (χ3n) is 1.89. The van der Waals surface area contributed by atoms with Crippen LogP contribution in [0.4, 0.5) is 13.2 Å². The zero-order valence-corrected chi connectivity index (χ0v) is 9.81. The summed E-state index contributed by atoms with van der Waals surface area (Å²) in [5.41, 5.74) is 0. The average molecular weight is 268 g/mol. The maximum atomic E-state index is 11.9. The molecule has 0 spiro atoms. The molecule has 0 saturated carbocycles. The van der Waals surface area contributed by atoms with Gasteiger partial charge in [-0.25, -0.2) is 8.42 Å². The molecule has 0 N–H and O–H groups in total. The molecule has 0 aromatic heterocycles. The van der Waals surface area contributed by atoms with Gasteiger partial charge < -0.3 is 4.74 Å². The van der Waals surface area contributed by atoms with Gasteiger partial charge in [-0.1, -0.05) is 6.92 Å². The Hall–Kier alpha value is -1.24. The first-order valence-corrected chi connectivity index (χ1v) is 6.48. The van der Waals surface area contributed by atoms with E-state index in [9.17, 15) is 21.6 Å². The van der Waals surface area contributed by atoms with E-state index < -0.39 is 21.9 Å². The summed E-state index contributed by atoms with van der Waals surface area (Å²) in [4.78, 5) is -0.00567. The lowest BCUT2D eigenvalue weighted by atomic mass is 10.3. The topological polar surface area (TPSA) is 43.4 Å². The largest absolute Gasteiger partial charge is 0.573 e. The summed E-state index contributed by atoms with van der Waals surface area (Å²) in [5.74, 6) is -0.472. The Bertz CT molecular complexity index is 463. The van der Waals surface area contributed by atoms with Gasteiger partial charge in [-0.15, -0.1) is 13.2 Å². The van der Waals surface area contributed by atoms with E-state index in [1.54, 1.807) is 6.92 Å². The van der Waals surface area contributed by atoms with Crippen molar-refractivity contribution >= 4 is 9.84 Å².